The molecule has 0 saturated carbocycles. The number of hydrogen-bond acceptors (Lipinski definition) is 4. The van der Waals surface area contributed by atoms with E-state index in [0.29, 0.717) is 28.8 Å². The number of alkyl halides is 14. The average Bonchev–Trinajstić information content (AvgIpc) is 3.20. The van der Waals surface area contributed by atoms with Crippen molar-refractivity contribution in [2.75, 3.05) is 6.67 Å². The molecule has 0 spiro atoms. The van der Waals surface area contributed by atoms with Gasteiger partial charge < -0.3 is 0 Å². The fourth-order valence-electron chi connectivity index (χ4n) is 3.49. The topological polar surface area (TPSA) is 55.7 Å². The van der Waals surface area contributed by atoms with Crippen LogP contribution in [0.3, 0.4) is 0 Å². The molecular formula is C21H11F14NO3S. The summed E-state index contributed by atoms with van der Waals surface area (Å²) in [6, 6.07) is 8.38. The van der Waals surface area contributed by atoms with Crippen molar-refractivity contribution in [3.05, 3.63) is 59.2 Å². The maximum Gasteiger partial charge on any atom is 0.460 e. The summed E-state index contributed by atoms with van der Waals surface area (Å²) in [5.74, 6) is -27.3. The van der Waals surface area contributed by atoms with Gasteiger partial charge in [-0.2, -0.15) is 65.5 Å². The molecule has 1 aliphatic rings. The zero-order valence-corrected chi connectivity index (χ0v) is 19.6. The third kappa shape index (κ3) is 4.64. The quantitative estimate of drug-likeness (QED) is 0.147. The van der Waals surface area contributed by atoms with Crippen LogP contribution in [0.5, 0.6) is 0 Å². The standard InChI is InChI=1S/C21H11F14NO3S/c22-9-16(23,24)17(25,26)15(11-5-6-14-12(8-11)7-10-3-1-2-4-13(10)14)36-39-40(37,38)21(34,35)19(29,30)18(27,28)20(31,32)33/h1-6,8H,7,9H2/b36-15+. The molecule has 222 valence electrons. The number of nitrogens with zero attached hydrogens (tertiary/aromatic N) is 1. The highest BCUT2D eigenvalue weighted by Crippen LogP contribution is 2.55. The summed E-state index contributed by atoms with van der Waals surface area (Å²) >= 11 is 0. The summed E-state index contributed by atoms with van der Waals surface area (Å²) in [4.78, 5) is 0. The van der Waals surface area contributed by atoms with Gasteiger partial charge in [0.1, 0.15) is 0 Å². The molecular weight excluding hydrogens is 612 g/mol. The lowest BCUT2D eigenvalue weighted by Crippen LogP contribution is -2.63. The van der Waals surface area contributed by atoms with Crippen molar-refractivity contribution in [2.24, 2.45) is 5.16 Å². The minimum Gasteiger partial charge on any atom is -0.263 e. The van der Waals surface area contributed by atoms with Crippen LogP contribution in [0.2, 0.25) is 0 Å². The Morgan fingerprint density at radius 3 is 1.88 bits per heavy atom. The van der Waals surface area contributed by atoms with E-state index in [1.807, 2.05) is 5.16 Å². The Labute approximate surface area is 214 Å². The van der Waals surface area contributed by atoms with E-state index in [9.17, 15) is 69.9 Å². The predicted octanol–water partition coefficient (Wildman–Crippen LogP) is 6.97. The van der Waals surface area contributed by atoms with Crippen LogP contribution in [0.1, 0.15) is 16.7 Å². The van der Waals surface area contributed by atoms with E-state index in [-0.39, 0.29) is 12.0 Å². The molecule has 4 nitrogen and oxygen atoms in total. The predicted molar refractivity (Wildman–Crippen MR) is 108 cm³/mol. The van der Waals surface area contributed by atoms with Crippen molar-refractivity contribution in [3.63, 3.8) is 0 Å². The van der Waals surface area contributed by atoms with Crippen LogP contribution in [-0.2, 0) is 20.8 Å². The van der Waals surface area contributed by atoms with Gasteiger partial charge in [0, 0.05) is 5.56 Å². The molecule has 0 unspecified atom stereocenters. The molecule has 0 fully saturated rings. The van der Waals surface area contributed by atoms with Gasteiger partial charge in [-0.05, 0) is 34.7 Å². The number of halogens is 14. The van der Waals surface area contributed by atoms with Gasteiger partial charge >= 0.3 is 45.2 Å². The molecule has 2 aromatic carbocycles. The molecule has 0 bridgehead atoms. The SMILES string of the molecule is O=S(=O)(O/N=C(\c1ccc2c(c1)Cc1ccccc1-2)C(F)(F)C(F)(F)CF)C(F)(F)C(F)(F)C(F)(F)C(F)(F)F. The second-order valence-electron chi connectivity index (χ2n) is 8.25. The maximum absolute atomic E-state index is 14.6. The smallest absolute Gasteiger partial charge is 0.263 e. The summed E-state index contributed by atoms with van der Waals surface area (Å²) in [7, 11) is -7.85. The van der Waals surface area contributed by atoms with Gasteiger partial charge in [0.25, 0.3) is 0 Å². The van der Waals surface area contributed by atoms with Gasteiger partial charge in [0.05, 0.1) is 0 Å². The van der Waals surface area contributed by atoms with Crippen molar-refractivity contribution in [2.45, 2.75) is 41.5 Å². The normalized spacial score (nSPS) is 15.6. The Hall–Kier alpha value is -3.12. The minimum atomic E-state index is -7.85. The molecule has 0 N–H and O–H groups in total. The van der Waals surface area contributed by atoms with E-state index in [0.717, 1.165) is 6.07 Å². The van der Waals surface area contributed by atoms with Gasteiger partial charge in [-0.3, -0.25) is 4.28 Å². The summed E-state index contributed by atoms with van der Waals surface area (Å²) in [6.07, 6.45) is -7.52. The number of benzene rings is 2. The molecule has 40 heavy (non-hydrogen) atoms. The summed E-state index contributed by atoms with van der Waals surface area (Å²) in [6.45, 7) is -3.17. The summed E-state index contributed by atoms with van der Waals surface area (Å²) in [5.41, 5.74) is -2.44. The van der Waals surface area contributed by atoms with E-state index in [1.165, 1.54) is 0 Å². The van der Waals surface area contributed by atoms with Crippen LogP contribution >= 0.6 is 0 Å². The lowest BCUT2D eigenvalue weighted by atomic mass is 9.96. The highest BCUT2D eigenvalue weighted by molar-refractivity contribution is 7.87. The molecule has 0 aromatic heterocycles. The number of fused-ring (bicyclic) bond motifs is 3. The van der Waals surface area contributed by atoms with Crippen LogP contribution in [0.25, 0.3) is 11.1 Å². The summed E-state index contributed by atoms with van der Waals surface area (Å²) < 4.78 is 213. The first-order valence-corrected chi connectivity index (χ1v) is 11.6. The number of rotatable bonds is 9. The Balaban J connectivity index is 2.14. The highest BCUT2D eigenvalue weighted by atomic mass is 32.2. The van der Waals surface area contributed by atoms with Crippen molar-refractivity contribution in [1.82, 2.24) is 0 Å². The third-order valence-electron chi connectivity index (χ3n) is 5.65. The van der Waals surface area contributed by atoms with E-state index >= 15 is 0 Å². The second-order valence-corrected chi connectivity index (χ2v) is 9.82. The molecule has 1 aliphatic carbocycles. The Morgan fingerprint density at radius 1 is 0.775 bits per heavy atom. The molecule has 3 rings (SSSR count). The van der Waals surface area contributed by atoms with Gasteiger partial charge in [-0.15, -0.1) is 0 Å². The van der Waals surface area contributed by atoms with Crippen molar-refractivity contribution in [1.29, 1.82) is 0 Å². The maximum atomic E-state index is 14.6. The second kappa shape index (κ2) is 9.47. The van der Waals surface area contributed by atoms with Crippen molar-refractivity contribution < 1.29 is 74.2 Å². The average molecular weight is 623 g/mol. The number of hydrogen-bond donors (Lipinski definition) is 0. The third-order valence-corrected chi connectivity index (χ3v) is 6.80. The summed E-state index contributed by atoms with van der Waals surface area (Å²) in [5, 5.41) is -5.68. The van der Waals surface area contributed by atoms with E-state index in [4.69, 9.17) is 0 Å². The highest BCUT2D eigenvalue weighted by Gasteiger charge is 2.86. The Bertz CT molecular complexity index is 1430. The van der Waals surface area contributed by atoms with Crippen molar-refractivity contribution in [3.8, 4) is 11.1 Å². The van der Waals surface area contributed by atoms with E-state index in [2.05, 4.69) is 4.28 Å². The Morgan fingerprint density at radius 2 is 1.32 bits per heavy atom. The zero-order valence-electron chi connectivity index (χ0n) is 18.8. The first-order valence-electron chi connectivity index (χ1n) is 10.2. The molecule has 0 heterocycles. The zero-order chi connectivity index (χ0) is 30.7. The molecule has 0 amide bonds. The van der Waals surface area contributed by atoms with Gasteiger partial charge in [0.15, 0.2) is 12.4 Å². The minimum absolute atomic E-state index is 0.0618. The monoisotopic (exact) mass is 623 g/mol. The first-order chi connectivity index (χ1) is 18.0. The van der Waals surface area contributed by atoms with Gasteiger partial charge in [0.2, 0.25) is 0 Å². The molecule has 0 radical (unpaired) electrons. The van der Waals surface area contributed by atoms with Crippen molar-refractivity contribution >= 4 is 15.8 Å². The molecule has 0 saturated heterocycles. The van der Waals surface area contributed by atoms with E-state index < -0.39 is 63.2 Å². The first kappa shape index (κ1) is 31.4. The molecule has 2 aromatic rings. The molecule has 19 heteroatoms. The Kier molecular flexibility index (Phi) is 7.44. The lowest BCUT2D eigenvalue weighted by molar-refractivity contribution is -0.382. The fourth-order valence-corrected chi connectivity index (χ4v) is 4.20. The van der Waals surface area contributed by atoms with Crippen LogP contribution < -0.4 is 0 Å². The van der Waals surface area contributed by atoms with Crippen LogP contribution in [0.4, 0.5) is 61.5 Å². The van der Waals surface area contributed by atoms with Gasteiger partial charge in [-0.25, -0.2) is 4.39 Å². The van der Waals surface area contributed by atoms with Gasteiger partial charge in [-0.1, -0.05) is 41.6 Å². The fraction of sp³-hybridized carbons (Fsp3) is 0.381. The lowest BCUT2D eigenvalue weighted by Gasteiger charge is -2.32. The largest absolute Gasteiger partial charge is 0.460 e. The van der Waals surface area contributed by atoms with Crippen LogP contribution in [0.15, 0.2) is 47.6 Å². The van der Waals surface area contributed by atoms with E-state index in [1.54, 1.807) is 24.3 Å². The molecule has 0 atom stereocenters. The van der Waals surface area contributed by atoms with Crippen LogP contribution in [0, 0.1) is 0 Å². The van der Waals surface area contributed by atoms with Crippen LogP contribution in [-0.4, -0.2) is 55.9 Å². The molecule has 0 aliphatic heterocycles. The number of oxime groups is 1.